The van der Waals surface area contributed by atoms with Crippen LogP contribution in [0.4, 0.5) is 13.2 Å². The normalized spacial score (nSPS) is 15.4. The van der Waals surface area contributed by atoms with Crippen LogP contribution in [0.5, 0.6) is 5.75 Å². The summed E-state index contributed by atoms with van der Waals surface area (Å²) in [6.45, 7) is 2.24. The maximum Gasteiger partial charge on any atom is 0.400 e. The lowest BCUT2D eigenvalue weighted by atomic mass is 9.82. The van der Waals surface area contributed by atoms with Crippen LogP contribution in [0.3, 0.4) is 0 Å². The Balaban J connectivity index is 3.05. The lowest BCUT2D eigenvalue weighted by molar-refractivity contribution is -0.195. The summed E-state index contributed by atoms with van der Waals surface area (Å²) >= 11 is 0. The summed E-state index contributed by atoms with van der Waals surface area (Å²) in [6.07, 6.45) is -4.49. The van der Waals surface area contributed by atoms with Crippen LogP contribution < -0.4 is 4.74 Å². The number of alkyl halides is 3. The van der Waals surface area contributed by atoms with Crippen LogP contribution in [0.25, 0.3) is 0 Å². The van der Waals surface area contributed by atoms with E-state index < -0.39 is 18.2 Å². The molecule has 17 heavy (non-hydrogen) atoms. The SMILES string of the molecule is CCOc1ccc(C(C)(CO)C(F)(F)F)cc1. The van der Waals surface area contributed by atoms with Crippen molar-refractivity contribution in [3.8, 4) is 5.75 Å². The fourth-order valence-electron chi connectivity index (χ4n) is 1.43. The van der Waals surface area contributed by atoms with Gasteiger partial charge < -0.3 is 9.84 Å². The summed E-state index contributed by atoms with van der Waals surface area (Å²) in [5, 5.41) is 9.00. The topological polar surface area (TPSA) is 29.5 Å². The van der Waals surface area contributed by atoms with Crippen molar-refractivity contribution in [2.45, 2.75) is 25.4 Å². The van der Waals surface area contributed by atoms with Crippen molar-refractivity contribution in [1.82, 2.24) is 0 Å². The maximum absolute atomic E-state index is 12.8. The van der Waals surface area contributed by atoms with Gasteiger partial charge >= 0.3 is 6.18 Å². The highest BCUT2D eigenvalue weighted by molar-refractivity contribution is 5.33. The Hall–Kier alpha value is -1.23. The fraction of sp³-hybridized carbons (Fsp3) is 0.500. The van der Waals surface area contributed by atoms with Crippen LogP contribution in [-0.2, 0) is 5.41 Å². The monoisotopic (exact) mass is 248 g/mol. The second-order valence-electron chi connectivity index (χ2n) is 3.95. The molecule has 1 aromatic rings. The average molecular weight is 248 g/mol. The number of aliphatic hydroxyl groups is 1. The van der Waals surface area contributed by atoms with Crippen molar-refractivity contribution >= 4 is 0 Å². The van der Waals surface area contributed by atoms with E-state index in [1.807, 2.05) is 0 Å². The van der Waals surface area contributed by atoms with Crippen molar-refractivity contribution in [3.05, 3.63) is 29.8 Å². The molecule has 1 N–H and O–H groups in total. The van der Waals surface area contributed by atoms with Crippen LogP contribution in [0.15, 0.2) is 24.3 Å². The van der Waals surface area contributed by atoms with E-state index in [9.17, 15) is 13.2 Å². The van der Waals surface area contributed by atoms with Gasteiger partial charge in [-0.05, 0) is 31.5 Å². The van der Waals surface area contributed by atoms with Gasteiger partial charge in [0.15, 0.2) is 0 Å². The highest BCUT2D eigenvalue weighted by Crippen LogP contribution is 2.40. The second-order valence-corrected chi connectivity index (χ2v) is 3.95. The number of aliphatic hydroxyl groups excluding tert-OH is 1. The Labute approximate surface area is 98.0 Å². The van der Waals surface area contributed by atoms with Gasteiger partial charge in [0.25, 0.3) is 0 Å². The summed E-state index contributed by atoms with van der Waals surface area (Å²) in [4.78, 5) is 0. The van der Waals surface area contributed by atoms with E-state index >= 15 is 0 Å². The summed E-state index contributed by atoms with van der Waals surface area (Å²) < 4.78 is 43.7. The Morgan fingerprint density at radius 2 is 1.71 bits per heavy atom. The van der Waals surface area contributed by atoms with Crippen LogP contribution in [0.2, 0.25) is 0 Å². The standard InChI is InChI=1S/C12H15F3O2/c1-3-17-10-6-4-9(5-7-10)11(2,8-16)12(13,14)15/h4-7,16H,3,8H2,1-2H3. The van der Waals surface area contributed by atoms with Gasteiger partial charge in [-0.3, -0.25) is 0 Å². The van der Waals surface area contributed by atoms with E-state index in [0.717, 1.165) is 6.92 Å². The first kappa shape index (κ1) is 13.8. The van der Waals surface area contributed by atoms with Crippen LogP contribution in [-0.4, -0.2) is 24.5 Å². The molecule has 0 saturated heterocycles. The van der Waals surface area contributed by atoms with E-state index in [4.69, 9.17) is 9.84 Å². The van der Waals surface area contributed by atoms with E-state index in [0.29, 0.717) is 12.4 Å². The number of hydrogen-bond acceptors (Lipinski definition) is 2. The zero-order chi connectivity index (χ0) is 13.1. The van der Waals surface area contributed by atoms with Gasteiger partial charge in [-0.2, -0.15) is 13.2 Å². The third-order valence-corrected chi connectivity index (χ3v) is 2.74. The average Bonchev–Trinajstić information content (AvgIpc) is 2.28. The van der Waals surface area contributed by atoms with E-state index in [2.05, 4.69) is 0 Å². The van der Waals surface area contributed by atoms with Crippen molar-refractivity contribution < 1.29 is 23.0 Å². The molecule has 1 unspecified atom stereocenters. The van der Waals surface area contributed by atoms with Gasteiger partial charge in [0.1, 0.15) is 11.2 Å². The number of rotatable bonds is 4. The molecule has 0 radical (unpaired) electrons. The molecule has 0 aliphatic heterocycles. The minimum atomic E-state index is -4.49. The number of halogens is 3. The quantitative estimate of drug-likeness (QED) is 0.887. The van der Waals surface area contributed by atoms with E-state index in [1.54, 1.807) is 6.92 Å². The molecule has 0 spiro atoms. The van der Waals surface area contributed by atoms with E-state index in [-0.39, 0.29) is 5.56 Å². The zero-order valence-electron chi connectivity index (χ0n) is 9.71. The molecule has 0 amide bonds. The van der Waals surface area contributed by atoms with Crippen LogP contribution in [0, 0.1) is 0 Å². The minimum Gasteiger partial charge on any atom is -0.494 e. The van der Waals surface area contributed by atoms with Gasteiger partial charge in [-0.25, -0.2) is 0 Å². The molecule has 0 aliphatic rings. The molecule has 1 aromatic carbocycles. The summed E-state index contributed by atoms with van der Waals surface area (Å²) in [7, 11) is 0. The van der Waals surface area contributed by atoms with Crippen LogP contribution in [0.1, 0.15) is 19.4 Å². The van der Waals surface area contributed by atoms with Crippen molar-refractivity contribution in [2.75, 3.05) is 13.2 Å². The molecular formula is C12H15F3O2. The number of ether oxygens (including phenoxy) is 1. The third-order valence-electron chi connectivity index (χ3n) is 2.74. The predicted molar refractivity (Wildman–Crippen MR) is 58.1 cm³/mol. The number of benzene rings is 1. The van der Waals surface area contributed by atoms with Gasteiger partial charge in [0, 0.05) is 0 Å². The number of hydrogen-bond donors (Lipinski definition) is 1. The smallest absolute Gasteiger partial charge is 0.400 e. The lowest BCUT2D eigenvalue weighted by Gasteiger charge is -2.30. The molecule has 5 heteroatoms. The van der Waals surface area contributed by atoms with Crippen molar-refractivity contribution in [2.24, 2.45) is 0 Å². The molecule has 0 aliphatic carbocycles. The molecule has 0 saturated carbocycles. The molecule has 0 aromatic heterocycles. The van der Waals surface area contributed by atoms with Gasteiger partial charge in [-0.15, -0.1) is 0 Å². The zero-order valence-corrected chi connectivity index (χ0v) is 9.71. The minimum absolute atomic E-state index is 0.0240. The molecule has 96 valence electrons. The first-order valence-electron chi connectivity index (χ1n) is 5.26. The molecule has 2 nitrogen and oxygen atoms in total. The van der Waals surface area contributed by atoms with Crippen molar-refractivity contribution in [3.63, 3.8) is 0 Å². The molecule has 0 fully saturated rings. The van der Waals surface area contributed by atoms with E-state index in [1.165, 1.54) is 24.3 Å². The first-order chi connectivity index (χ1) is 7.85. The lowest BCUT2D eigenvalue weighted by Crippen LogP contribution is -2.42. The van der Waals surface area contributed by atoms with Gasteiger partial charge in [0.2, 0.25) is 0 Å². The summed E-state index contributed by atoms with van der Waals surface area (Å²) in [5.74, 6) is 0.513. The second kappa shape index (κ2) is 4.96. The maximum atomic E-state index is 12.8. The predicted octanol–water partition coefficient (Wildman–Crippen LogP) is 2.90. The molecule has 0 heterocycles. The van der Waals surface area contributed by atoms with Crippen LogP contribution >= 0.6 is 0 Å². The Kier molecular flexibility index (Phi) is 4.03. The first-order valence-corrected chi connectivity index (χ1v) is 5.26. The van der Waals surface area contributed by atoms with Gasteiger partial charge in [0.05, 0.1) is 13.2 Å². The molecular weight excluding hydrogens is 233 g/mol. The molecule has 0 bridgehead atoms. The fourth-order valence-corrected chi connectivity index (χ4v) is 1.43. The van der Waals surface area contributed by atoms with Crippen molar-refractivity contribution in [1.29, 1.82) is 0 Å². The Morgan fingerprint density at radius 1 is 1.18 bits per heavy atom. The highest BCUT2D eigenvalue weighted by atomic mass is 19.4. The Bertz CT molecular complexity index is 359. The molecule has 1 atom stereocenters. The Morgan fingerprint density at radius 3 is 2.06 bits per heavy atom. The molecule has 1 rings (SSSR count). The highest BCUT2D eigenvalue weighted by Gasteiger charge is 2.51. The summed E-state index contributed by atoms with van der Waals surface area (Å²) in [6, 6.07) is 5.60. The largest absolute Gasteiger partial charge is 0.494 e. The summed E-state index contributed by atoms with van der Waals surface area (Å²) in [5.41, 5.74) is -2.21. The van der Waals surface area contributed by atoms with Gasteiger partial charge in [-0.1, -0.05) is 12.1 Å². The third kappa shape index (κ3) is 2.72.